The summed E-state index contributed by atoms with van der Waals surface area (Å²) in [4.78, 5) is 28.4. The normalized spacial score (nSPS) is 17.2. The fourth-order valence-electron chi connectivity index (χ4n) is 6.76. The summed E-state index contributed by atoms with van der Waals surface area (Å²) < 4.78 is 19.1. The molecular weight excluding hydrogens is 713 g/mol. The number of fused-ring (bicyclic) bond motifs is 6. The van der Waals surface area contributed by atoms with Gasteiger partial charge in [0.25, 0.3) is 0 Å². The molecule has 7 rings (SSSR count). The Labute approximate surface area is 318 Å². The van der Waals surface area contributed by atoms with E-state index in [1.54, 1.807) is 43.1 Å². The summed E-state index contributed by atoms with van der Waals surface area (Å²) in [6.07, 6.45) is -1.29. The Hall–Kier alpha value is -4.36. The van der Waals surface area contributed by atoms with E-state index >= 15 is 0 Å². The molecular formula is C41H48N2O8S2. The quantitative estimate of drug-likeness (QED) is 0.166. The third-order valence-electron chi connectivity index (χ3n) is 8.88. The van der Waals surface area contributed by atoms with E-state index in [1.807, 2.05) is 69.5 Å². The molecule has 3 N–H and O–H groups in total. The predicted octanol–water partition coefficient (Wildman–Crippen LogP) is 9.02. The molecule has 0 spiro atoms. The van der Waals surface area contributed by atoms with E-state index in [1.165, 1.54) is 16.2 Å². The van der Waals surface area contributed by atoms with Crippen molar-refractivity contribution in [1.82, 2.24) is 0 Å². The maximum absolute atomic E-state index is 12.9. The molecule has 4 heterocycles. The zero-order valence-corrected chi connectivity index (χ0v) is 33.1. The monoisotopic (exact) mass is 760 g/mol. The smallest absolute Gasteiger partial charge is 0.414 e. The number of phenols is 1. The molecule has 0 bridgehead atoms. The van der Waals surface area contributed by atoms with E-state index in [0.717, 1.165) is 59.4 Å². The SMILES string of the molecule is Cc1csc2c(O)cc3c(c12)C[C@H](O)CN3C(=O)OC(C)(C)C.Cc1csc2c(OCc3ccccc3)cc3c(c12)C[C@H](O)CN3C(=O)OC(C)(C)C. The standard InChI is InChI=1S/C24H27NO4S.C17H21NO4S/c1-15-14-30-22-20(28-13-16-8-6-5-7-9-16)11-19-18(21(15)22)10-17(26)12-25(19)23(27)29-24(2,3)4;1-9-8-23-15-13(20)6-12-11(14(9)15)5-10(19)7-18(12)16(21)22-17(2,3)4/h5-9,11,14,17,26H,10,12-13H2,1-4H3;6,8,10,19-20H,5,7H2,1-4H3/t17-;10-/m00/s1. The van der Waals surface area contributed by atoms with Gasteiger partial charge >= 0.3 is 12.2 Å². The van der Waals surface area contributed by atoms with Crippen molar-refractivity contribution in [1.29, 1.82) is 0 Å². The van der Waals surface area contributed by atoms with Crippen molar-refractivity contribution >= 4 is 66.4 Å². The average Bonchev–Trinajstić information content (AvgIpc) is 3.66. The predicted molar refractivity (Wildman–Crippen MR) is 212 cm³/mol. The van der Waals surface area contributed by atoms with Crippen molar-refractivity contribution in [3.05, 3.63) is 81.0 Å². The van der Waals surface area contributed by atoms with Crippen LogP contribution in [0.4, 0.5) is 21.0 Å². The summed E-state index contributed by atoms with van der Waals surface area (Å²) in [5.41, 5.74) is 5.24. The molecule has 5 aromatic rings. The molecule has 2 aliphatic heterocycles. The highest BCUT2D eigenvalue weighted by Gasteiger charge is 2.35. The summed E-state index contributed by atoms with van der Waals surface area (Å²) in [5.74, 6) is 0.900. The number of hydrogen-bond donors (Lipinski definition) is 3. The van der Waals surface area contributed by atoms with Crippen molar-refractivity contribution < 1.29 is 39.1 Å². The number of β-amino-alcohol motifs (C(OH)–C–C–N with tert-alkyl or cyclic N) is 2. The Morgan fingerprint density at radius 1 is 0.755 bits per heavy atom. The number of thiophene rings is 2. The van der Waals surface area contributed by atoms with Gasteiger partial charge in [-0.1, -0.05) is 30.3 Å². The van der Waals surface area contributed by atoms with Crippen molar-refractivity contribution in [2.24, 2.45) is 0 Å². The number of aryl methyl sites for hydroxylation is 2. The number of carbonyl (C=O) groups is 2. The highest BCUT2D eigenvalue weighted by atomic mass is 32.1. The lowest BCUT2D eigenvalue weighted by Gasteiger charge is -2.34. The van der Waals surface area contributed by atoms with Gasteiger partial charge in [-0.25, -0.2) is 9.59 Å². The molecule has 282 valence electrons. The Balaban J connectivity index is 0.000000188. The summed E-state index contributed by atoms with van der Waals surface area (Å²) in [6, 6.07) is 13.5. The minimum atomic E-state index is -0.651. The van der Waals surface area contributed by atoms with Crippen LogP contribution in [0.5, 0.6) is 11.5 Å². The topological polar surface area (TPSA) is 129 Å². The first-order valence-electron chi connectivity index (χ1n) is 17.7. The Morgan fingerprint density at radius 2 is 1.23 bits per heavy atom. The molecule has 0 fully saturated rings. The molecule has 2 aliphatic rings. The largest absolute Gasteiger partial charge is 0.506 e. The number of aliphatic hydroxyl groups is 2. The summed E-state index contributed by atoms with van der Waals surface area (Å²) >= 11 is 3.10. The minimum Gasteiger partial charge on any atom is -0.506 e. The van der Waals surface area contributed by atoms with E-state index in [2.05, 4.69) is 12.3 Å². The van der Waals surface area contributed by atoms with Crippen molar-refractivity contribution in [3.63, 3.8) is 0 Å². The van der Waals surface area contributed by atoms with Gasteiger partial charge in [0.15, 0.2) is 0 Å². The number of aliphatic hydroxyl groups excluding tert-OH is 2. The van der Waals surface area contributed by atoms with E-state index in [0.29, 0.717) is 25.1 Å². The molecule has 2 amide bonds. The maximum Gasteiger partial charge on any atom is 0.414 e. The number of anilines is 2. The van der Waals surface area contributed by atoms with Crippen LogP contribution in [-0.4, -0.2) is 64.0 Å². The molecule has 0 unspecified atom stereocenters. The number of aromatic hydroxyl groups is 1. The van der Waals surface area contributed by atoms with Crippen LogP contribution in [0.25, 0.3) is 20.2 Å². The van der Waals surface area contributed by atoms with Gasteiger partial charge in [0.1, 0.15) is 29.3 Å². The Kier molecular flexibility index (Phi) is 10.7. The Bertz CT molecular complexity index is 2140. The van der Waals surface area contributed by atoms with Crippen LogP contribution >= 0.6 is 22.7 Å². The van der Waals surface area contributed by atoms with E-state index < -0.39 is 35.6 Å². The first-order valence-corrected chi connectivity index (χ1v) is 19.5. The molecule has 12 heteroatoms. The van der Waals surface area contributed by atoms with Crippen LogP contribution in [0.1, 0.15) is 69.4 Å². The fourth-order valence-corrected chi connectivity index (χ4v) is 8.80. The van der Waals surface area contributed by atoms with Gasteiger partial charge in [0.05, 0.1) is 46.1 Å². The number of nitrogens with zero attached hydrogens (tertiary/aromatic N) is 2. The molecule has 53 heavy (non-hydrogen) atoms. The number of rotatable bonds is 3. The number of benzene rings is 3. The second kappa shape index (κ2) is 14.8. The van der Waals surface area contributed by atoms with Crippen LogP contribution < -0.4 is 14.5 Å². The molecule has 0 saturated carbocycles. The third-order valence-corrected chi connectivity index (χ3v) is 11.1. The first kappa shape index (κ1) is 38.4. The van der Waals surface area contributed by atoms with Gasteiger partial charge in [0, 0.05) is 35.7 Å². The fraction of sp³-hybridized carbons (Fsp3) is 0.415. The maximum atomic E-state index is 12.9. The molecule has 2 atom stereocenters. The van der Waals surface area contributed by atoms with Crippen LogP contribution in [0.3, 0.4) is 0 Å². The van der Waals surface area contributed by atoms with Crippen LogP contribution in [0, 0.1) is 13.8 Å². The molecule has 0 saturated heterocycles. The second-order valence-electron chi connectivity index (χ2n) is 15.7. The van der Waals surface area contributed by atoms with Crippen molar-refractivity contribution in [2.75, 3.05) is 22.9 Å². The van der Waals surface area contributed by atoms with Gasteiger partial charge in [-0.15, -0.1) is 22.7 Å². The molecule has 10 nitrogen and oxygen atoms in total. The van der Waals surface area contributed by atoms with Gasteiger partial charge in [-0.2, -0.15) is 0 Å². The van der Waals surface area contributed by atoms with Crippen LogP contribution in [-0.2, 0) is 28.9 Å². The van der Waals surface area contributed by atoms with Crippen LogP contribution in [0.15, 0.2) is 53.2 Å². The second-order valence-corrected chi connectivity index (χ2v) is 17.4. The van der Waals surface area contributed by atoms with Gasteiger partial charge < -0.3 is 29.5 Å². The molecule has 2 aromatic heterocycles. The van der Waals surface area contributed by atoms with Gasteiger partial charge in [-0.05, 0) is 94.0 Å². The molecule has 3 aromatic carbocycles. The van der Waals surface area contributed by atoms with E-state index in [4.69, 9.17) is 14.2 Å². The third kappa shape index (κ3) is 8.41. The molecule has 0 aliphatic carbocycles. The zero-order chi connectivity index (χ0) is 38.4. The number of hydrogen-bond acceptors (Lipinski definition) is 10. The van der Waals surface area contributed by atoms with Crippen molar-refractivity contribution in [2.45, 2.75) is 98.2 Å². The lowest BCUT2D eigenvalue weighted by atomic mass is 9.94. The summed E-state index contributed by atoms with van der Waals surface area (Å²) in [6.45, 7) is 15.8. The van der Waals surface area contributed by atoms with E-state index in [9.17, 15) is 24.9 Å². The minimum absolute atomic E-state index is 0.154. The Morgan fingerprint density at radius 3 is 1.74 bits per heavy atom. The van der Waals surface area contributed by atoms with Crippen LogP contribution in [0.2, 0.25) is 0 Å². The number of ether oxygens (including phenoxy) is 3. The van der Waals surface area contributed by atoms with Gasteiger partial charge in [0.2, 0.25) is 0 Å². The number of amides is 2. The summed E-state index contributed by atoms with van der Waals surface area (Å²) in [7, 11) is 0. The lowest BCUT2D eigenvalue weighted by Crippen LogP contribution is -2.45. The highest BCUT2D eigenvalue weighted by Crippen LogP contribution is 2.45. The van der Waals surface area contributed by atoms with Crippen molar-refractivity contribution in [3.8, 4) is 11.5 Å². The van der Waals surface area contributed by atoms with E-state index in [-0.39, 0.29) is 18.8 Å². The zero-order valence-electron chi connectivity index (χ0n) is 31.5. The highest BCUT2D eigenvalue weighted by molar-refractivity contribution is 7.18. The molecule has 0 radical (unpaired) electrons. The average molecular weight is 761 g/mol. The summed E-state index contributed by atoms with van der Waals surface area (Å²) in [5, 5.41) is 37.1. The van der Waals surface area contributed by atoms with Gasteiger partial charge in [-0.3, -0.25) is 9.80 Å². The lowest BCUT2D eigenvalue weighted by molar-refractivity contribution is 0.0540. The number of carbonyl (C=O) groups excluding carboxylic acids is 2. The first-order chi connectivity index (χ1) is 24.9. The number of phenolic OH excluding ortho intramolecular Hbond substituents is 1.